The molecule has 0 saturated heterocycles. The number of benzene rings is 2. The zero-order chi connectivity index (χ0) is 24.5. The van der Waals surface area contributed by atoms with Gasteiger partial charge >= 0.3 is 5.97 Å². The van der Waals surface area contributed by atoms with Crippen molar-refractivity contribution in [2.45, 2.75) is 45.3 Å². The average molecular weight is 465 g/mol. The molecule has 1 aliphatic carbocycles. The van der Waals surface area contributed by atoms with E-state index in [2.05, 4.69) is 5.32 Å². The summed E-state index contributed by atoms with van der Waals surface area (Å²) >= 11 is 0. The monoisotopic (exact) mass is 464 g/mol. The number of carbonyl (C=O) groups is 2. The maximum Gasteiger partial charge on any atom is 0.317 e. The number of nitriles is 1. The third-order valence-electron chi connectivity index (χ3n) is 6.49. The molecule has 0 radical (unpaired) electrons. The Balaban J connectivity index is 1.73. The first-order valence-corrected chi connectivity index (χ1v) is 11.2. The molecule has 0 unspecified atom stereocenters. The molecule has 2 aromatic rings. The first-order chi connectivity index (χ1) is 16.2. The van der Waals surface area contributed by atoms with Crippen LogP contribution in [0.25, 0.3) is 11.1 Å². The number of hydrogen-bond acceptors (Lipinski definition) is 7. The van der Waals surface area contributed by atoms with Gasteiger partial charge in [0.25, 0.3) is 5.91 Å². The van der Waals surface area contributed by atoms with Crippen LogP contribution in [0.15, 0.2) is 30.3 Å². The van der Waals surface area contributed by atoms with Crippen molar-refractivity contribution in [2.75, 3.05) is 20.8 Å². The maximum absolute atomic E-state index is 13.0. The standard InChI is InChI=1S/C26H28N2O6/c1-25(2,14-27)34-24(30)26(11-6-12-26)15-33-21-17(9-10-20(31-3)22(21)32-4)16-7-5-8-18-19(16)13-28-23(18)29/h5,7-10H,6,11-13,15H2,1-4H3,(H,28,29). The summed E-state index contributed by atoms with van der Waals surface area (Å²) in [5.74, 6) is 0.752. The molecule has 0 atom stereocenters. The van der Waals surface area contributed by atoms with E-state index in [-0.39, 0.29) is 12.5 Å². The third kappa shape index (κ3) is 4.03. The number of amides is 1. The second kappa shape index (κ2) is 8.90. The van der Waals surface area contributed by atoms with Crippen molar-refractivity contribution in [1.82, 2.24) is 5.32 Å². The van der Waals surface area contributed by atoms with Crippen LogP contribution >= 0.6 is 0 Å². The van der Waals surface area contributed by atoms with Crippen molar-refractivity contribution < 1.29 is 28.5 Å². The summed E-state index contributed by atoms with van der Waals surface area (Å²) in [6.07, 6.45) is 2.08. The van der Waals surface area contributed by atoms with Gasteiger partial charge in [-0.05, 0) is 56.0 Å². The fourth-order valence-corrected chi connectivity index (χ4v) is 4.34. The summed E-state index contributed by atoms with van der Waals surface area (Å²) in [5, 5.41) is 12.1. The second-order valence-corrected chi connectivity index (χ2v) is 9.13. The number of fused-ring (bicyclic) bond motifs is 1. The van der Waals surface area contributed by atoms with E-state index in [1.54, 1.807) is 33.1 Å². The lowest BCUT2D eigenvalue weighted by molar-refractivity contribution is -0.173. The molecule has 1 heterocycles. The van der Waals surface area contributed by atoms with Crippen molar-refractivity contribution in [2.24, 2.45) is 5.41 Å². The van der Waals surface area contributed by atoms with E-state index in [1.165, 1.54) is 7.11 Å². The van der Waals surface area contributed by atoms with Crippen LogP contribution in [0.1, 0.15) is 49.0 Å². The summed E-state index contributed by atoms with van der Waals surface area (Å²) in [6, 6.07) is 11.2. The lowest BCUT2D eigenvalue weighted by atomic mass is 9.69. The van der Waals surface area contributed by atoms with Gasteiger partial charge in [-0.1, -0.05) is 18.6 Å². The van der Waals surface area contributed by atoms with E-state index in [1.807, 2.05) is 24.3 Å². The van der Waals surface area contributed by atoms with Crippen LogP contribution in [0.5, 0.6) is 17.2 Å². The highest BCUT2D eigenvalue weighted by atomic mass is 16.6. The van der Waals surface area contributed by atoms with E-state index in [0.717, 1.165) is 23.1 Å². The zero-order valence-electron chi connectivity index (χ0n) is 19.8. The number of hydrogen-bond donors (Lipinski definition) is 1. The predicted molar refractivity (Wildman–Crippen MR) is 124 cm³/mol. The van der Waals surface area contributed by atoms with Crippen LogP contribution in [0, 0.1) is 16.7 Å². The molecule has 34 heavy (non-hydrogen) atoms. The molecule has 1 amide bonds. The Hall–Kier alpha value is -3.73. The predicted octanol–water partition coefficient (Wildman–Crippen LogP) is 4.01. The molecule has 0 bridgehead atoms. The summed E-state index contributed by atoms with van der Waals surface area (Å²) in [6.45, 7) is 3.60. The van der Waals surface area contributed by atoms with E-state index in [4.69, 9.17) is 18.9 Å². The molecule has 4 rings (SSSR count). The summed E-state index contributed by atoms with van der Waals surface area (Å²) in [7, 11) is 3.07. The van der Waals surface area contributed by atoms with Gasteiger partial charge in [0.05, 0.1) is 14.2 Å². The number of nitrogens with one attached hydrogen (secondary N) is 1. The number of rotatable bonds is 8. The molecule has 1 aliphatic heterocycles. The molecule has 8 heteroatoms. The topological polar surface area (TPSA) is 107 Å². The van der Waals surface area contributed by atoms with Crippen LogP contribution < -0.4 is 19.5 Å². The number of nitrogens with zero attached hydrogens (tertiary/aromatic N) is 1. The van der Waals surface area contributed by atoms with Crippen LogP contribution in [0.4, 0.5) is 0 Å². The maximum atomic E-state index is 13.0. The van der Waals surface area contributed by atoms with Gasteiger partial charge in [-0.15, -0.1) is 0 Å². The van der Waals surface area contributed by atoms with Crippen molar-refractivity contribution >= 4 is 11.9 Å². The van der Waals surface area contributed by atoms with Crippen LogP contribution in [-0.2, 0) is 16.1 Å². The lowest BCUT2D eigenvalue weighted by Crippen LogP contribution is -2.47. The van der Waals surface area contributed by atoms with Gasteiger partial charge in [-0.25, -0.2) is 0 Å². The second-order valence-electron chi connectivity index (χ2n) is 9.13. The third-order valence-corrected chi connectivity index (χ3v) is 6.49. The fourth-order valence-electron chi connectivity index (χ4n) is 4.34. The highest BCUT2D eigenvalue weighted by molar-refractivity contribution is 6.01. The van der Waals surface area contributed by atoms with Gasteiger partial charge in [-0.2, -0.15) is 5.26 Å². The minimum absolute atomic E-state index is 0.0655. The first kappa shape index (κ1) is 23.4. The average Bonchev–Trinajstić information content (AvgIpc) is 3.18. The Kier molecular flexibility index (Phi) is 6.13. The zero-order valence-corrected chi connectivity index (χ0v) is 19.8. The van der Waals surface area contributed by atoms with Crippen LogP contribution in [-0.4, -0.2) is 38.3 Å². The Morgan fingerprint density at radius 2 is 1.82 bits per heavy atom. The molecule has 8 nitrogen and oxygen atoms in total. The minimum Gasteiger partial charge on any atom is -0.493 e. The Morgan fingerprint density at radius 3 is 2.44 bits per heavy atom. The lowest BCUT2D eigenvalue weighted by Gasteiger charge is -2.40. The molecule has 1 N–H and O–H groups in total. The van der Waals surface area contributed by atoms with Gasteiger partial charge in [0, 0.05) is 17.7 Å². The molecule has 1 saturated carbocycles. The molecular formula is C26H28N2O6. The van der Waals surface area contributed by atoms with Gasteiger partial charge < -0.3 is 24.3 Å². The minimum atomic E-state index is -1.22. The fraction of sp³-hybridized carbons (Fsp3) is 0.423. The van der Waals surface area contributed by atoms with Crippen molar-refractivity contribution in [3.8, 4) is 34.4 Å². The van der Waals surface area contributed by atoms with Crippen LogP contribution in [0.3, 0.4) is 0 Å². The molecule has 0 spiro atoms. The van der Waals surface area contributed by atoms with Crippen molar-refractivity contribution in [1.29, 1.82) is 5.26 Å². The smallest absolute Gasteiger partial charge is 0.317 e. The molecular weight excluding hydrogens is 436 g/mol. The highest BCUT2D eigenvalue weighted by Crippen LogP contribution is 2.49. The van der Waals surface area contributed by atoms with Gasteiger partial charge in [0.2, 0.25) is 5.75 Å². The quantitative estimate of drug-likeness (QED) is 0.588. The Labute approximate surface area is 198 Å². The van der Waals surface area contributed by atoms with E-state index in [9.17, 15) is 14.9 Å². The largest absolute Gasteiger partial charge is 0.493 e. The van der Waals surface area contributed by atoms with Crippen molar-refractivity contribution in [3.05, 3.63) is 41.5 Å². The molecule has 2 aliphatic rings. The number of ether oxygens (including phenoxy) is 4. The van der Waals surface area contributed by atoms with Gasteiger partial charge in [0.15, 0.2) is 17.1 Å². The van der Waals surface area contributed by atoms with E-state index in [0.29, 0.717) is 42.2 Å². The summed E-state index contributed by atoms with van der Waals surface area (Å²) in [4.78, 5) is 25.2. The summed E-state index contributed by atoms with van der Waals surface area (Å²) in [5.41, 5.74) is 1.00. The number of carbonyl (C=O) groups excluding carboxylic acids is 2. The summed E-state index contributed by atoms with van der Waals surface area (Å²) < 4.78 is 22.9. The van der Waals surface area contributed by atoms with Gasteiger partial charge in [0.1, 0.15) is 18.1 Å². The van der Waals surface area contributed by atoms with Gasteiger partial charge in [-0.3, -0.25) is 9.59 Å². The molecule has 0 aromatic heterocycles. The molecule has 2 aromatic carbocycles. The number of methoxy groups -OCH3 is 2. The SMILES string of the molecule is COc1ccc(-c2cccc3c2CNC3=O)c(OCC2(C(=O)OC(C)(C)C#N)CCC2)c1OC. The highest BCUT2D eigenvalue weighted by Gasteiger charge is 2.48. The first-order valence-electron chi connectivity index (χ1n) is 11.2. The van der Waals surface area contributed by atoms with E-state index >= 15 is 0 Å². The Bertz CT molecular complexity index is 1180. The molecule has 1 fully saturated rings. The van der Waals surface area contributed by atoms with Crippen LogP contribution in [0.2, 0.25) is 0 Å². The number of esters is 1. The Morgan fingerprint density at radius 1 is 1.09 bits per heavy atom. The van der Waals surface area contributed by atoms with E-state index < -0.39 is 17.0 Å². The molecule has 178 valence electrons. The normalized spacial score (nSPS) is 15.9. The van der Waals surface area contributed by atoms with Crippen molar-refractivity contribution in [3.63, 3.8) is 0 Å².